The van der Waals surface area contributed by atoms with E-state index in [1.807, 2.05) is 12.1 Å². The minimum absolute atomic E-state index is 0.00751. The first-order chi connectivity index (χ1) is 13.9. The molecule has 1 aliphatic heterocycles. The molecule has 1 heterocycles. The maximum absolute atomic E-state index is 11.3. The second-order valence-electron chi connectivity index (χ2n) is 9.25. The van der Waals surface area contributed by atoms with Crippen LogP contribution in [0.3, 0.4) is 0 Å². The van der Waals surface area contributed by atoms with E-state index in [0.29, 0.717) is 19.6 Å². The molecule has 0 aromatic heterocycles. The lowest BCUT2D eigenvalue weighted by atomic mass is 9.92. The van der Waals surface area contributed by atoms with Gasteiger partial charge in [0.25, 0.3) is 0 Å². The molecule has 5 nitrogen and oxygen atoms in total. The van der Waals surface area contributed by atoms with Crippen molar-refractivity contribution in [2.24, 2.45) is 0 Å². The highest BCUT2D eigenvalue weighted by molar-refractivity contribution is 7.90. The van der Waals surface area contributed by atoms with Crippen molar-refractivity contribution < 1.29 is 17.9 Å². The Bertz CT molecular complexity index is 999. The Labute approximate surface area is 180 Å². The van der Waals surface area contributed by atoms with Crippen molar-refractivity contribution in [3.05, 3.63) is 47.0 Å². The van der Waals surface area contributed by atoms with Crippen LogP contribution < -0.4 is 14.8 Å². The fourth-order valence-corrected chi connectivity index (χ4v) is 4.67. The van der Waals surface area contributed by atoms with Crippen LogP contribution in [-0.4, -0.2) is 39.2 Å². The Morgan fingerprint density at radius 2 is 1.83 bits per heavy atom. The van der Waals surface area contributed by atoms with Crippen LogP contribution in [0, 0.1) is 13.8 Å². The van der Waals surface area contributed by atoms with Crippen LogP contribution >= 0.6 is 0 Å². The highest BCUT2D eigenvalue weighted by Crippen LogP contribution is 2.44. The molecule has 1 atom stereocenters. The lowest BCUT2D eigenvalue weighted by Crippen LogP contribution is -2.39. The predicted molar refractivity (Wildman–Crippen MR) is 122 cm³/mol. The number of hydrogen-bond acceptors (Lipinski definition) is 5. The summed E-state index contributed by atoms with van der Waals surface area (Å²) in [6, 6.07) is 10.6. The molecule has 0 unspecified atom stereocenters. The maximum Gasteiger partial charge on any atom is 0.147 e. The van der Waals surface area contributed by atoms with Gasteiger partial charge in [0.1, 0.15) is 27.9 Å². The monoisotopic (exact) mass is 431 g/mol. The molecule has 0 saturated carbocycles. The van der Waals surface area contributed by atoms with E-state index in [-0.39, 0.29) is 17.3 Å². The Morgan fingerprint density at radius 1 is 1.17 bits per heavy atom. The van der Waals surface area contributed by atoms with Gasteiger partial charge in [0, 0.05) is 22.9 Å². The molecule has 6 heteroatoms. The quantitative estimate of drug-likeness (QED) is 0.649. The molecule has 2 aromatic rings. The van der Waals surface area contributed by atoms with E-state index in [1.165, 1.54) is 11.8 Å². The molecule has 1 N–H and O–H groups in total. The van der Waals surface area contributed by atoms with E-state index in [0.717, 1.165) is 33.8 Å². The molecule has 0 radical (unpaired) electrons. The van der Waals surface area contributed by atoms with E-state index in [9.17, 15) is 8.42 Å². The van der Waals surface area contributed by atoms with Crippen LogP contribution in [-0.2, 0) is 9.84 Å². The predicted octanol–water partition coefficient (Wildman–Crippen LogP) is 4.61. The Kier molecular flexibility index (Phi) is 6.48. The van der Waals surface area contributed by atoms with E-state index in [4.69, 9.17) is 9.47 Å². The van der Waals surface area contributed by atoms with Gasteiger partial charge < -0.3 is 14.8 Å². The number of nitrogens with one attached hydrogen (secondary N) is 1. The lowest BCUT2D eigenvalue weighted by Gasteiger charge is -2.25. The highest BCUT2D eigenvalue weighted by Gasteiger charge is 2.30. The van der Waals surface area contributed by atoms with Crippen molar-refractivity contribution in [3.8, 4) is 22.6 Å². The molecule has 0 amide bonds. The van der Waals surface area contributed by atoms with Gasteiger partial charge in [-0.2, -0.15) is 0 Å². The fraction of sp³-hybridized carbons (Fsp3) is 0.500. The average Bonchev–Trinajstić information content (AvgIpc) is 2.99. The second-order valence-corrected chi connectivity index (χ2v) is 11.5. The largest absolute Gasteiger partial charge is 0.494 e. The first kappa shape index (κ1) is 22.6. The van der Waals surface area contributed by atoms with E-state index in [1.54, 1.807) is 0 Å². The van der Waals surface area contributed by atoms with Crippen molar-refractivity contribution in [1.82, 2.24) is 5.32 Å². The van der Waals surface area contributed by atoms with Gasteiger partial charge in [-0.25, -0.2) is 8.42 Å². The van der Waals surface area contributed by atoms with Crippen molar-refractivity contribution >= 4 is 9.84 Å². The van der Waals surface area contributed by atoms with Crippen LogP contribution in [0.5, 0.6) is 11.5 Å². The summed E-state index contributed by atoms with van der Waals surface area (Å²) in [5, 5.41) is 3.64. The number of para-hydroxylation sites is 1. The summed E-state index contributed by atoms with van der Waals surface area (Å²) in [7, 11) is -2.96. The molecule has 0 aliphatic carbocycles. The summed E-state index contributed by atoms with van der Waals surface area (Å²) in [5.74, 6) is 1.86. The zero-order valence-electron chi connectivity index (χ0n) is 18.8. The SMILES string of the molecule is Cc1cc(OCCCS(C)(=O)=O)cc(C)c1-c1cccc2c1OC[C@H]2NC(C)(C)C. The second kappa shape index (κ2) is 8.60. The van der Waals surface area contributed by atoms with E-state index >= 15 is 0 Å². The van der Waals surface area contributed by atoms with Gasteiger partial charge in [0.15, 0.2) is 0 Å². The molecule has 30 heavy (non-hydrogen) atoms. The zero-order valence-corrected chi connectivity index (χ0v) is 19.7. The molecule has 0 bridgehead atoms. The van der Waals surface area contributed by atoms with Crippen LogP contribution in [0.25, 0.3) is 11.1 Å². The van der Waals surface area contributed by atoms with Crippen molar-refractivity contribution in [2.45, 2.75) is 52.6 Å². The van der Waals surface area contributed by atoms with Crippen molar-refractivity contribution in [2.75, 3.05) is 25.2 Å². The average molecular weight is 432 g/mol. The third-order valence-electron chi connectivity index (χ3n) is 5.13. The summed E-state index contributed by atoms with van der Waals surface area (Å²) in [6.07, 6.45) is 1.74. The topological polar surface area (TPSA) is 64.6 Å². The number of hydrogen-bond donors (Lipinski definition) is 1. The van der Waals surface area contributed by atoms with Gasteiger partial charge in [0.2, 0.25) is 0 Å². The summed E-state index contributed by atoms with van der Waals surface area (Å²) in [6.45, 7) is 11.7. The number of fused-ring (bicyclic) bond motifs is 1. The zero-order chi connectivity index (χ0) is 22.1. The minimum Gasteiger partial charge on any atom is -0.494 e. The number of benzene rings is 2. The smallest absolute Gasteiger partial charge is 0.147 e. The maximum atomic E-state index is 11.3. The van der Waals surface area contributed by atoms with Gasteiger partial charge >= 0.3 is 0 Å². The molecular weight excluding hydrogens is 398 g/mol. The molecular formula is C24H33NO4S. The van der Waals surface area contributed by atoms with Gasteiger partial charge in [-0.3, -0.25) is 0 Å². The highest BCUT2D eigenvalue weighted by atomic mass is 32.2. The van der Waals surface area contributed by atoms with E-state index in [2.05, 4.69) is 58.1 Å². The van der Waals surface area contributed by atoms with Gasteiger partial charge in [-0.15, -0.1) is 0 Å². The standard InChI is InChI=1S/C24H33NO4S/c1-16-13-18(28-11-8-12-30(6,26)27)14-17(2)22(16)20-10-7-9-19-21(15-29-23(19)20)25-24(3,4)5/h7,9-10,13-14,21,25H,8,11-12,15H2,1-6H3/t21-/m1/s1. The van der Waals surface area contributed by atoms with Crippen molar-refractivity contribution in [1.29, 1.82) is 0 Å². The lowest BCUT2D eigenvalue weighted by molar-refractivity contribution is 0.276. The van der Waals surface area contributed by atoms with Crippen LogP contribution in [0.4, 0.5) is 0 Å². The first-order valence-electron chi connectivity index (χ1n) is 10.4. The minimum atomic E-state index is -2.96. The molecule has 0 spiro atoms. The number of rotatable bonds is 7. The number of ether oxygens (including phenoxy) is 2. The third-order valence-corrected chi connectivity index (χ3v) is 6.16. The molecule has 0 fully saturated rings. The number of aryl methyl sites for hydroxylation is 2. The molecule has 2 aromatic carbocycles. The summed E-state index contributed by atoms with van der Waals surface area (Å²) in [5.41, 5.74) is 5.68. The summed E-state index contributed by atoms with van der Waals surface area (Å²) >= 11 is 0. The van der Waals surface area contributed by atoms with E-state index < -0.39 is 9.84 Å². The van der Waals surface area contributed by atoms with Gasteiger partial charge in [-0.1, -0.05) is 18.2 Å². The van der Waals surface area contributed by atoms with Crippen LogP contribution in [0.1, 0.15) is 49.9 Å². The molecule has 1 aliphatic rings. The molecule has 164 valence electrons. The van der Waals surface area contributed by atoms with Crippen LogP contribution in [0.15, 0.2) is 30.3 Å². The Morgan fingerprint density at radius 3 is 2.43 bits per heavy atom. The molecule has 0 saturated heterocycles. The Balaban J connectivity index is 1.84. The summed E-state index contributed by atoms with van der Waals surface area (Å²) in [4.78, 5) is 0. The first-order valence-corrected chi connectivity index (χ1v) is 12.5. The third kappa shape index (κ3) is 5.55. The van der Waals surface area contributed by atoms with Gasteiger partial charge in [-0.05, 0) is 69.9 Å². The molecule has 3 rings (SSSR count). The Hall–Kier alpha value is -2.05. The van der Waals surface area contributed by atoms with Crippen molar-refractivity contribution in [3.63, 3.8) is 0 Å². The summed E-state index contributed by atoms with van der Waals surface area (Å²) < 4.78 is 34.5. The van der Waals surface area contributed by atoms with Crippen LogP contribution in [0.2, 0.25) is 0 Å². The fourth-order valence-electron chi connectivity index (χ4n) is 4.03. The normalized spacial score (nSPS) is 16.3. The van der Waals surface area contributed by atoms with Gasteiger partial charge in [0.05, 0.1) is 18.4 Å². The number of sulfone groups is 1.